The largest absolute Gasteiger partial charge is 0.310 e. The zero-order chi connectivity index (χ0) is 18.4. The summed E-state index contributed by atoms with van der Waals surface area (Å²) in [4.78, 5) is 23.0. The van der Waals surface area contributed by atoms with Crippen LogP contribution in [0, 0.1) is 11.3 Å². The molecule has 3 aliphatic rings. The van der Waals surface area contributed by atoms with E-state index in [1.54, 1.807) is 0 Å². The third kappa shape index (κ3) is 2.89. The molecule has 1 spiro atoms. The van der Waals surface area contributed by atoms with Crippen molar-refractivity contribution in [1.82, 2.24) is 14.9 Å². The quantitative estimate of drug-likeness (QED) is 0.913. The molecule has 2 aromatic rings. The number of hydrogen-bond acceptors (Lipinski definition) is 4. The standard InChI is InChI=1S/C22H24N4O/c23-13-16-3-1-2-4-17(16)14-26-11-9-22(10-12-26)8-7-18-19(22)24-20(15-5-6-15)25-21(18)27/h1-4,15H,5-12,14H2,(H,24,25,27). The van der Waals surface area contributed by atoms with E-state index in [9.17, 15) is 10.1 Å². The monoisotopic (exact) mass is 360 g/mol. The molecule has 2 fully saturated rings. The minimum Gasteiger partial charge on any atom is -0.310 e. The van der Waals surface area contributed by atoms with Gasteiger partial charge in [0.25, 0.3) is 5.56 Å². The van der Waals surface area contributed by atoms with E-state index in [4.69, 9.17) is 4.98 Å². The Bertz CT molecular complexity index is 975. The van der Waals surface area contributed by atoms with Crippen LogP contribution in [0.3, 0.4) is 0 Å². The lowest BCUT2D eigenvalue weighted by Gasteiger charge is -2.39. The Morgan fingerprint density at radius 1 is 1.22 bits per heavy atom. The average molecular weight is 360 g/mol. The molecule has 5 heteroatoms. The van der Waals surface area contributed by atoms with E-state index in [-0.39, 0.29) is 11.0 Å². The molecule has 138 valence electrons. The molecule has 0 radical (unpaired) electrons. The molecule has 1 saturated heterocycles. The van der Waals surface area contributed by atoms with Crippen molar-refractivity contribution in [2.45, 2.75) is 56.4 Å². The highest BCUT2D eigenvalue weighted by atomic mass is 16.1. The molecule has 1 saturated carbocycles. The number of fused-ring (bicyclic) bond motifs is 2. The number of likely N-dealkylation sites (tertiary alicyclic amines) is 1. The summed E-state index contributed by atoms with van der Waals surface area (Å²) in [5, 5.41) is 9.32. The van der Waals surface area contributed by atoms with Crippen LogP contribution in [0.25, 0.3) is 0 Å². The number of nitrogens with zero attached hydrogens (tertiary/aromatic N) is 3. The van der Waals surface area contributed by atoms with Crippen LogP contribution >= 0.6 is 0 Å². The molecule has 2 heterocycles. The van der Waals surface area contributed by atoms with Crippen molar-refractivity contribution >= 4 is 0 Å². The number of H-pyrrole nitrogens is 1. The van der Waals surface area contributed by atoms with Crippen molar-refractivity contribution in [1.29, 1.82) is 5.26 Å². The van der Waals surface area contributed by atoms with Gasteiger partial charge in [-0.25, -0.2) is 4.98 Å². The first-order chi connectivity index (χ1) is 13.2. The van der Waals surface area contributed by atoms with Crippen LogP contribution in [-0.4, -0.2) is 28.0 Å². The zero-order valence-corrected chi connectivity index (χ0v) is 15.5. The van der Waals surface area contributed by atoms with Gasteiger partial charge >= 0.3 is 0 Å². The number of hydrogen-bond donors (Lipinski definition) is 1. The van der Waals surface area contributed by atoms with E-state index in [1.807, 2.05) is 18.2 Å². The number of benzene rings is 1. The molecule has 5 rings (SSSR count). The lowest BCUT2D eigenvalue weighted by atomic mass is 9.76. The second-order valence-electron chi connectivity index (χ2n) is 8.38. The molecule has 0 amide bonds. The lowest BCUT2D eigenvalue weighted by molar-refractivity contribution is 0.150. The van der Waals surface area contributed by atoms with Crippen LogP contribution in [-0.2, 0) is 18.4 Å². The number of nitriles is 1. The number of rotatable bonds is 3. The van der Waals surface area contributed by atoms with E-state index < -0.39 is 0 Å². The maximum absolute atomic E-state index is 12.5. The molecule has 1 aromatic heterocycles. The average Bonchev–Trinajstić information content (AvgIpc) is 3.48. The van der Waals surface area contributed by atoms with E-state index >= 15 is 0 Å². The molecule has 0 atom stereocenters. The lowest BCUT2D eigenvalue weighted by Crippen LogP contribution is -2.42. The summed E-state index contributed by atoms with van der Waals surface area (Å²) in [5.74, 6) is 1.40. The van der Waals surface area contributed by atoms with Crippen LogP contribution in [0.4, 0.5) is 0 Å². The second-order valence-corrected chi connectivity index (χ2v) is 8.38. The molecule has 0 unspecified atom stereocenters. The van der Waals surface area contributed by atoms with E-state index in [2.05, 4.69) is 22.0 Å². The predicted molar refractivity (Wildman–Crippen MR) is 102 cm³/mol. The summed E-state index contributed by atoms with van der Waals surface area (Å²) in [6, 6.07) is 10.2. The van der Waals surface area contributed by atoms with Gasteiger partial charge < -0.3 is 4.98 Å². The van der Waals surface area contributed by atoms with Crippen LogP contribution < -0.4 is 5.56 Å². The summed E-state index contributed by atoms with van der Waals surface area (Å²) in [6.07, 6.45) is 6.32. The van der Waals surface area contributed by atoms with Crippen LogP contribution in [0.5, 0.6) is 0 Å². The predicted octanol–water partition coefficient (Wildman–Crippen LogP) is 3.00. The van der Waals surface area contributed by atoms with Crippen LogP contribution in [0.1, 0.15) is 66.2 Å². The first-order valence-corrected chi connectivity index (χ1v) is 10.0. The zero-order valence-electron chi connectivity index (χ0n) is 15.5. The summed E-state index contributed by atoms with van der Waals surface area (Å²) in [6.45, 7) is 2.81. The Morgan fingerprint density at radius 3 is 2.74 bits per heavy atom. The molecule has 27 heavy (non-hydrogen) atoms. The number of aromatic amines is 1. The Balaban J connectivity index is 1.36. The molecular formula is C22H24N4O. The molecule has 5 nitrogen and oxygen atoms in total. The minimum absolute atomic E-state index is 0.0818. The molecular weight excluding hydrogens is 336 g/mol. The van der Waals surface area contributed by atoms with Gasteiger partial charge in [-0.2, -0.15) is 5.26 Å². The van der Waals surface area contributed by atoms with E-state index in [0.717, 1.165) is 86.4 Å². The highest BCUT2D eigenvalue weighted by Gasteiger charge is 2.44. The fourth-order valence-corrected chi connectivity index (χ4v) is 4.85. The van der Waals surface area contributed by atoms with Crippen molar-refractivity contribution < 1.29 is 0 Å². The highest BCUT2D eigenvalue weighted by Crippen LogP contribution is 2.46. The van der Waals surface area contributed by atoms with E-state index in [0.29, 0.717) is 5.92 Å². The Labute approximate surface area is 159 Å². The van der Waals surface area contributed by atoms with Gasteiger partial charge in [-0.3, -0.25) is 9.69 Å². The summed E-state index contributed by atoms with van der Waals surface area (Å²) < 4.78 is 0. The number of aromatic nitrogens is 2. The topological polar surface area (TPSA) is 72.8 Å². The van der Waals surface area contributed by atoms with E-state index in [1.165, 1.54) is 0 Å². The maximum atomic E-state index is 12.5. The van der Waals surface area contributed by atoms with Gasteiger partial charge in [0.05, 0.1) is 17.3 Å². The van der Waals surface area contributed by atoms with Crippen molar-refractivity contribution in [2.24, 2.45) is 0 Å². The number of piperidine rings is 1. The SMILES string of the molecule is N#Cc1ccccc1CN1CCC2(CCc3c2nc(C2CC2)[nH]c3=O)CC1. The van der Waals surface area contributed by atoms with Crippen molar-refractivity contribution in [3.63, 3.8) is 0 Å². The Hall–Kier alpha value is -2.45. The first kappa shape index (κ1) is 16.7. The molecule has 1 N–H and O–H groups in total. The third-order valence-corrected chi connectivity index (χ3v) is 6.70. The van der Waals surface area contributed by atoms with Crippen LogP contribution in [0.15, 0.2) is 29.1 Å². The first-order valence-electron chi connectivity index (χ1n) is 10.0. The maximum Gasteiger partial charge on any atom is 0.254 e. The van der Waals surface area contributed by atoms with Gasteiger partial charge in [0, 0.05) is 23.4 Å². The van der Waals surface area contributed by atoms with Gasteiger partial charge in [0.15, 0.2) is 0 Å². The van der Waals surface area contributed by atoms with Gasteiger partial charge in [0.2, 0.25) is 0 Å². The molecule has 1 aliphatic heterocycles. The Kier molecular flexibility index (Phi) is 3.91. The molecule has 2 aliphatic carbocycles. The second kappa shape index (κ2) is 6.31. The smallest absolute Gasteiger partial charge is 0.254 e. The normalized spacial score (nSPS) is 21.1. The van der Waals surface area contributed by atoms with Crippen molar-refractivity contribution in [3.05, 3.63) is 62.8 Å². The van der Waals surface area contributed by atoms with Gasteiger partial charge in [-0.15, -0.1) is 0 Å². The Morgan fingerprint density at radius 2 is 2.00 bits per heavy atom. The fraction of sp³-hybridized carbons (Fsp3) is 0.500. The summed E-state index contributed by atoms with van der Waals surface area (Å²) in [5.41, 5.74) is 4.09. The highest BCUT2D eigenvalue weighted by molar-refractivity contribution is 5.38. The molecule has 1 aromatic carbocycles. The number of nitrogens with one attached hydrogen (secondary N) is 1. The summed E-state index contributed by atoms with van der Waals surface area (Å²) >= 11 is 0. The van der Waals surface area contributed by atoms with Gasteiger partial charge in [-0.1, -0.05) is 18.2 Å². The minimum atomic E-state index is 0.0818. The molecule has 0 bridgehead atoms. The fourth-order valence-electron chi connectivity index (χ4n) is 4.85. The summed E-state index contributed by atoms with van der Waals surface area (Å²) in [7, 11) is 0. The van der Waals surface area contributed by atoms with Crippen molar-refractivity contribution in [2.75, 3.05) is 13.1 Å². The van der Waals surface area contributed by atoms with Gasteiger partial charge in [-0.05, 0) is 63.2 Å². The van der Waals surface area contributed by atoms with Crippen LogP contribution in [0.2, 0.25) is 0 Å². The van der Waals surface area contributed by atoms with Gasteiger partial charge in [0.1, 0.15) is 5.82 Å². The third-order valence-electron chi connectivity index (χ3n) is 6.70. The van der Waals surface area contributed by atoms with Crippen molar-refractivity contribution in [3.8, 4) is 6.07 Å².